The summed E-state index contributed by atoms with van der Waals surface area (Å²) in [6.07, 6.45) is -4.73. The highest BCUT2D eigenvalue weighted by Gasteiger charge is 2.44. The Kier molecular flexibility index (Phi) is 5.67. The third kappa shape index (κ3) is 3.97. The fourth-order valence-corrected chi connectivity index (χ4v) is 2.48. The molecule has 24 heavy (non-hydrogen) atoms. The summed E-state index contributed by atoms with van der Waals surface area (Å²) in [4.78, 5) is 21.4. The van der Waals surface area contributed by atoms with E-state index < -0.39 is 48.0 Å². The normalized spacial score (nSPS) is 29.8. The van der Waals surface area contributed by atoms with Crippen LogP contribution in [0.15, 0.2) is 24.3 Å². The Morgan fingerprint density at radius 2 is 1.92 bits per heavy atom. The third-order valence-electron chi connectivity index (χ3n) is 3.68. The molecule has 0 radical (unpaired) electrons. The second-order valence-corrected chi connectivity index (χ2v) is 5.43. The molecule has 10 nitrogen and oxygen atoms in total. The van der Waals surface area contributed by atoms with Gasteiger partial charge in [0, 0.05) is 24.7 Å². The molecule has 1 heterocycles. The maximum atomic E-state index is 11.3. The molecule has 10 heteroatoms. The Bertz CT molecular complexity index is 595. The molecular formula is C14H19N3O7. The first-order chi connectivity index (χ1) is 11.3. The minimum Gasteiger partial charge on any atom is -0.394 e. The molecule has 1 aromatic rings. The largest absolute Gasteiger partial charge is 0.394 e. The molecule has 2 rings (SSSR count). The van der Waals surface area contributed by atoms with Crippen LogP contribution in [0.4, 0.5) is 11.4 Å². The zero-order valence-electron chi connectivity index (χ0n) is 12.8. The van der Waals surface area contributed by atoms with Crippen LogP contribution in [0.5, 0.6) is 0 Å². The number of nitro groups is 1. The summed E-state index contributed by atoms with van der Waals surface area (Å²) in [5.74, 6) is -0.437. The van der Waals surface area contributed by atoms with Gasteiger partial charge in [0.1, 0.15) is 24.4 Å². The maximum Gasteiger partial charge on any atom is 0.269 e. The van der Waals surface area contributed by atoms with E-state index in [1.165, 1.54) is 31.2 Å². The van der Waals surface area contributed by atoms with Crippen molar-refractivity contribution < 1.29 is 29.8 Å². The lowest BCUT2D eigenvalue weighted by molar-refractivity contribution is -0.384. The Morgan fingerprint density at radius 1 is 1.29 bits per heavy atom. The average Bonchev–Trinajstić information content (AvgIpc) is 2.54. The first-order valence-electron chi connectivity index (χ1n) is 7.24. The van der Waals surface area contributed by atoms with Crippen LogP contribution >= 0.6 is 0 Å². The van der Waals surface area contributed by atoms with Gasteiger partial charge < -0.3 is 30.7 Å². The predicted molar refractivity (Wildman–Crippen MR) is 82.1 cm³/mol. The number of anilines is 1. The van der Waals surface area contributed by atoms with Crippen molar-refractivity contribution in [3.05, 3.63) is 34.4 Å². The first-order valence-corrected chi connectivity index (χ1v) is 7.24. The molecule has 0 saturated carbocycles. The molecule has 1 fully saturated rings. The van der Waals surface area contributed by atoms with Gasteiger partial charge in [-0.1, -0.05) is 0 Å². The number of benzene rings is 1. The number of aliphatic hydroxyl groups is 3. The van der Waals surface area contributed by atoms with E-state index in [9.17, 15) is 30.2 Å². The van der Waals surface area contributed by atoms with Crippen LogP contribution in [0.3, 0.4) is 0 Å². The molecule has 5 N–H and O–H groups in total. The topological polar surface area (TPSA) is 154 Å². The lowest BCUT2D eigenvalue weighted by Crippen LogP contribution is -2.65. The van der Waals surface area contributed by atoms with Gasteiger partial charge in [0.15, 0.2) is 6.23 Å². The van der Waals surface area contributed by atoms with E-state index in [1.807, 2.05) is 0 Å². The number of hydrogen-bond acceptors (Lipinski definition) is 8. The monoisotopic (exact) mass is 341 g/mol. The lowest BCUT2D eigenvalue weighted by atomic mass is 9.95. The van der Waals surface area contributed by atoms with Crippen LogP contribution in [0.1, 0.15) is 6.92 Å². The van der Waals surface area contributed by atoms with Crippen molar-refractivity contribution >= 4 is 17.3 Å². The number of carbonyl (C=O) groups excluding carboxylic acids is 1. The fourth-order valence-electron chi connectivity index (χ4n) is 2.48. The van der Waals surface area contributed by atoms with Crippen LogP contribution < -0.4 is 10.6 Å². The van der Waals surface area contributed by atoms with Crippen molar-refractivity contribution in [2.75, 3.05) is 11.9 Å². The molecule has 5 atom stereocenters. The van der Waals surface area contributed by atoms with Gasteiger partial charge in [0.25, 0.3) is 5.69 Å². The molecule has 1 aliphatic heterocycles. The zero-order valence-corrected chi connectivity index (χ0v) is 12.8. The van der Waals surface area contributed by atoms with E-state index in [-0.39, 0.29) is 5.69 Å². The lowest BCUT2D eigenvalue weighted by Gasteiger charge is -2.43. The van der Waals surface area contributed by atoms with Crippen molar-refractivity contribution in [1.82, 2.24) is 5.32 Å². The van der Waals surface area contributed by atoms with Crippen molar-refractivity contribution in [1.29, 1.82) is 0 Å². The molecule has 1 aliphatic rings. The van der Waals surface area contributed by atoms with Crippen molar-refractivity contribution in [3.8, 4) is 0 Å². The minimum absolute atomic E-state index is 0.0905. The van der Waals surface area contributed by atoms with Gasteiger partial charge in [0.05, 0.1) is 11.5 Å². The first kappa shape index (κ1) is 18.1. The van der Waals surface area contributed by atoms with E-state index in [4.69, 9.17) is 4.74 Å². The zero-order chi connectivity index (χ0) is 17.9. The molecule has 1 amide bonds. The van der Waals surface area contributed by atoms with E-state index >= 15 is 0 Å². The Morgan fingerprint density at radius 3 is 2.42 bits per heavy atom. The number of aliphatic hydroxyl groups excluding tert-OH is 3. The Balaban J connectivity index is 2.19. The SMILES string of the molecule is CC(=O)NC1C(Nc2ccc([N+](=O)[O-])cc2)OC(CO)C(O)C1O. The summed E-state index contributed by atoms with van der Waals surface area (Å²) in [5.41, 5.74) is 0.355. The highest BCUT2D eigenvalue weighted by Crippen LogP contribution is 2.24. The standard InChI is InChI=1S/C14H19N3O7/c1-7(19)15-11-13(21)12(20)10(6-18)24-14(11)16-8-2-4-9(5-3-8)17(22)23/h2-5,10-14,16,18,20-21H,6H2,1H3,(H,15,19). The quantitative estimate of drug-likeness (QED) is 0.336. The smallest absolute Gasteiger partial charge is 0.269 e. The van der Waals surface area contributed by atoms with Crippen LogP contribution in [0, 0.1) is 10.1 Å². The molecule has 0 aromatic heterocycles. The number of nitrogens with one attached hydrogen (secondary N) is 2. The highest BCUT2D eigenvalue weighted by molar-refractivity contribution is 5.73. The number of ether oxygens (including phenoxy) is 1. The number of nitrogens with zero attached hydrogens (tertiary/aromatic N) is 1. The van der Waals surface area contributed by atoms with Crippen LogP contribution in [0.2, 0.25) is 0 Å². The molecular weight excluding hydrogens is 322 g/mol. The molecule has 0 spiro atoms. The number of carbonyl (C=O) groups is 1. The van der Waals surface area contributed by atoms with Crippen molar-refractivity contribution in [2.45, 2.75) is 37.5 Å². The van der Waals surface area contributed by atoms with Crippen LogP contribution in [-0.2, 0) is 9.53 Å². The maximum absolute atomic E-state index is 11.3. The molecule has 5 unspecified atom stereocenters. The molecule has 0 aliphatic carbocycles. The van der Waals surface area contributed by atoms with Crippen LogP contribution in [-0.4, -0.2) is 63.3 Å². The van der Waals surface area contributed by atoms with E-state index in [0.717, 1.165) is 0 Å². The van der Waals surface area contributed by atoms with Crippen molar-refractivity contribution in [2.24, 2.45) is 0 Å². The molecule has 1 aromatic carbocycles. The Hall–Kier alpha value is -2.27. The van der Waals surface area contributed by atoms with Gasteiger partial charge in [-0.3, -0.25) is 14.9 Å². The summed E-state index contributed by atoms with van der Waals surface area (Å²) >= 11 is 0. The van der Waals surface area contributed by atoms with Gasteiger partial charge in [-0.15, -0.1) is 0 Å². The van der Waals surface area contributed by atoms with Crippen molar-refractivity contribution in [3.63, 3.8) is 0 Å². The number of non-ortho nitro benzene ring substituents is 1. The van der Waals surface area contributed by atoms with E-state index in [0.29, 0.717) is 5.69 Å². The van der Waals surface area contributed by atoms with Gasteiger partial charge >= 0.3 is 0 Å². The van der Waals surface area contributed by atoms with Crippen LogP contribution in [0.25, 0.3) is 0 Å². The van der Waals surface area contributed by atoms with E-state index in [1.54, 1.807) is 0 Å². The van der Waals surface area contributed by atoms with Gasteiger partial charge in [-0.05, 0) is 12.1 Å². The van der Waals surface area contributed by atoms with Gasteiger partial charge in [0.2, 0.25) is 5.91 Å². The number of rotatable bonds is 5. The molecule has 0 bridgehead atoms. The molecule has 132 valence electrons. The van der Waals surface area contributed by atoms with E-state index in [2.05, 4.69) is 10.6 Å². The van der Waals surface area contributed by atoms with Gasteiger partial charge in [-0.2, -0.15) is 0 Å². The second-order valence-electron chi connectivity index (χ2n) is 5.43. The average molecular weight is 341 g/mol. The second kappa shape index (κ2) is 7.53. The summed E-state index contributed by atoms with van der Waals surface area (Å²) in [7, 11) is 0. The number of amides is 1. The highest BCUT2D eigenvalue weighted by atomic mass is 16.6. The summed E-state index contributed by atoms with van der Waals surface area (Å²) in [6.45, 7) is 0.726. The number of hydrogen-bond donors (Lipinski definition) is 5. The van der Waals surface area contributed by atoms with Gasteiger partial charge in [-0.25, -0.2) is 0 Å². The molecule has 1 saturated heterocycles. The summed E-state index contributed by atoms with van der Waals surface area (Å²) in [6, 6.07) is 4.48. The third-order valence-corrected chi connectivity index (χ3v) is 3.68. The fraction of sp³-hybridized carbons (Fsp3) is 0.500. The summed E-state index contributed by atoms with van der Waals surface area (Å²) in [5, 5.41) is 45.3. The summed E-state index contributed by atoms with van der Waals surface area (Å²) < 4.78 is 5.49. The Labute approximate surface area is 137 Å². The number of nitro benzene ring substituents is 1. The minimum atomic E-state index is -1.37. The predicted octanol–water partition coefficient (Wildman–Crippen LogP) is -1.05.